The smallest absolute Gasteiger partial charge is 0.318 e. The van der Waals surface area contributed by atoms with Crippen LogP contribution in [0.2, 0.25) is 0 Å². The Morgan fingerprint density at radius 1 is 1.24 bits per heavy atom. The predicted molar refractivity (Wildman–Crippen MR) is 65.6 cm³/mol. The fourth-order valence-corrected chi connectivity index (χ4v) is 2.01. The number of carboxylic acid groups (broad SMARTS) is 1. The molecule has 4 nitrogen and oxygen atoms in total. The van der Waals surface area contributed by atoms with Crippen LogP contribution >= 0.6 is 0 Å². The maximum absolute atomic E-state index is 11.8. The molecule has 0 aromatic rings. The normalized spacial score (nSPS) is 20.9. The van der Waals surface area contributed by atoms with Gasteiger partial charge in [0.25, 0.3) is 0 Å². The Kier molecular flexibility index (Phi) is 3.84. The fourth-order valence-electron chi connectivity index (χ4n) is 2.01. The average molecular weight is 241 g/mol. The summed E-state index contributed by atoms with van der Waals surface area (Å²) in [4.78, 5) is 22.8. The van der Waals surface area contributed by atoms with E-state index in [4.69, 9.17) is 5.11 Å². The molecule has 1 fully saturated rings. The zero-order valence-corrected chi connectivity index (χ0v) is 11.2. The Morgan fingerprint density at radius 2 is 1.71 bits per heavy atom. The van der Waals surface area contributed by atoms with Gasteiger partial charge in [0.2, 0.25) is 5.91 Å². The standard InChI is InChI=1S/C13H23NO3/c1-12(2)7-5-9(6-8-12)14-10(15)13(3,4)11(16)17/h9H,5-8H2,1-4H3,(H,14,15)(H,16,17). The molecule has 0 atom stereocenters. The molecule has 0 aromatic heterocycles. The molecule has 0 heterocycles. The van der Waals surface area contributed by atoms with E-state index in [0.717, 1.165) is 25.7 Å². The number of carbonyl (C=O) groups is 2. The maximum atomic E-state index is 11.8. The van der Waals surface area contributed by atoms with Gasteiger partial charge in [-0.05, 0) is 44.9 Å². The Labute approximate surface area is 103 Å². The van der Waals surface area contributed by atoms with Crippen LogP contribution in [-0.2, 0) is 9.59 Å². The number of hydrogen-bond donors (Lipinski definition) is 2. The van der Waals surface area contributed by atoms with Crippen LogP contribution < -0.4 is 5.32 Å². The number of carbonyl (C=O) groups excluding carboxylic acids is 1. The summed E-state index contributed by atoms with van der Waals surface area (Å²) in [7, 11) is 0. The van der Waals surface area contributed by atoms with Crippen LogP contribution in [0.25, 0.3) is 0 Å². The molecule has 0 aliphatic heterocycles. The minimum atomic E-state index is -1.34. The van der Waals surface area contributed by atoms with Gasteiger partial charge in [0.05, 0.1) is 0 Å². The first-order valence-corrected chi connectivity index (χ1v) is 6.19. The topological polar surface area (TPSA) is 66.4 Å². The van der Waals surface area contributed by atoms with Crippen molar-refractivity contribution in [2.75, 3.05) is 0 Å². The summed E-state index contributed by atoms with van der Waals surface area (Å²) in [5.41, 5.74) is -0.990. The lowest BCUT2D eigenvalue weighted by Crippen LogP contribution is -2.48. The molecule has 4 heteroatoms. The summed E-state index contributed by atoms with van der Waals surface area (Å²) in [6, 6.07) is 0.133. The molecule has 0 saturated heterocycles. The van der Waals surface area contributed by atoms with Gasteiger partial charge in [-0.15, -0.1) is 0 Å². The van der Waals surface area contributed by atoms with Gasteiger partial charge in [-0.2, -0.15) is 0 Å². The lowest BCUT2D eigenvalue weighted by atomic mass is 9.75. The fraction of sp³-hybridized carbons (Fsp3) is 0.846. The van der Waals surface area contributed by atoms with Crippen molar-refractivity contribution < 1.29 is 14.7 Å². The van der Waals surface area contributed by atoms with Crippen LogP contribution in [0.1, 0.15) is 53.4 Å². The average Bonchev–Trinajstić information content (AvgIpc) is 2.20. The molecule has 1 rings (SSSR count). The van der Waals surface area contributed by atoms with Crippen molar-refractivity contribution in [2.24, 2.45) is 10.8 Å². The molecular weight excluding hydrogens is 218 g/mol. The first-order chi connectivity index (χ1) is 7.65. The lowest BCUT2D eigenvalue weighted by molar-refractivity contribution is -0.153. The molecular formula is C13H23NO3. The molecule has 17 heavy (non-hydrogen) atoms. The van der Waals surface area contributed by atoms with Crippen LogP contribution in [0, 0.1) is 10.8 Å². The van der Waals surface area contributed by atoms with Crippen molar-refractivity contribution in [3.05, 3.63) is 0 Å². The zero-order chi connectivity index (χ0) is 13.3. The van der Waals surface area contributed by atoms with Crippen molar-refractivity contribution in [1.29, 1.82) is 0 Å². The van der Waals surface area contributed by atoms with E-state index in [1.54, 1.807) is 0 Å². The van der Waals surface area contributed by atoms with E-state index in [1.165, 1.54) is 13.8 Å². The maximum Gasteiger partial charge on any atom is 0.318 e. The number of rotatable bonds is 3. The summed E-state index contributed by atoms with van der Waals surface area (Å²) in [6.07, 6.45) is 4.03. The minimum Gasteiger partial charge on any atom is -0.480 e. The summed E-state index contributed by atoms with van der Waals surface area (Å²) in [5, 5.41) is 11.8. The van der Waals surface area contributed by atoms with Gasteiger partial charge in [0.15, 0.2) is 0 Å². The molecule has 1 aliphatic carbocycles. The van der Waals surface area contributed by atoms with E-state index in [1.807, 2.05) is 0 Å². The van der Waals surface area contributed by atoms with Crippen molar-refractivity contribution in [3.63, 3.8) is 0 Å². The largest absolute Gasteiger partial charge is 0.480 e. The van der Waals surface area contributed by atoms with Gasteiger partial charge in [0.1, 0.15) is 5.41 Å². The number of amides is 1. The van der Waals surface area contributed by atoms with Crippen LogP contribution in [0.4, 0.5) is 0 Å². The third-order valence-corrected chi connectivity index (χ3v) is 3.78. The van der Waals surface area contributed by atoms with E-state index < -0.39 is 11.4 Å². The van der Waals surface area contributed by atoms with Crippen LogP contribution in [0.3, 0.4) is 0 Å². The number of hydrogen-bond acceptors (Lipinski definition) is 2. The van der Waals surface area contributed by atoms with E-state index >= 15 is 0 Å². The second-order valence-corrected chi connectivity index (χ2v) is 6.34. The number of carboxylic acids is 1. The van der Waals surface area contributed by atoms with Crippen LogP contribution in [0.5, 0.6) is 0 Å². The summed E-state index contributed by atoms with van der Waals surface area (Å²) in [5.74, 6) is -1.46. The van der Waals surface area contributed by atoms with Crippen LogP contribution in [-0.4, -0.2) is 23.0 Å². The lowest BCUT2D eigenvalue weighted by Gasteiger charge is -2.35. The summed E-state index contributed by atoms with van der Waals surface area (Å²) < 4.78 is 0. The first kappa shape index (κ1) is 14.0. The molecule has 0 radical (unpaired) electrons. The van der Waals surface area contributed by atoms with Crippen LogP contribution in [0.15, 0.2) is 0 Å². The van der Waals surface area contributed by atoms with Crippen molar-refractivity contribution in [2.45, 2.75) is 59.4 Å². The molecule has 1 aliphatic rings. The van der Waals surface area contributed by atoms with E-state index in [2.05, 4.69) is 19.2 Å². The van der Waals surface area contributed by atoms with Gasteiger partial charge in [-0.3, -0.25) is 9.59 Å². The van der Waals surface area contributed by atoms with Gasteiger partial charge in [0, 0.05) is 6.04 Å². The predicted octanol–water partition coefficient (Wildman–Crippen LogP) is 2.18. The summed E-state index contributed by atoms with van der Waals surface area (Å²) in [6.45, 7) is 7.34. The molecule has 0 aromatic carbocycles. The quantitative estimate of drug-likeness (QED) is 0.744. The third kappa shape index (κ3) is 3.45. The number of aliphatic carboxylic acids is 1. The third-order valence-electron chi connectivity index (χ3n) is 3.78. The second kappa shape index (κ2) is 4.67. The van der Waals surface area contributed by atoms with E-state index in [9.17, 15) is 9.59 Å². The SMILES string of the molecule is CC1(C)CCC(NC(=O)C(C)(C)C(=O)O)CC1. The van der Waals surface area contributed by atoms with Crippen molar-refractivity contribution in [1.82, 2.24) is 5.32 Å². The monoisotopic (exact) mass is 241 g/mol. The highest BCUT2D eigenvalue weighted by molar-refractivity contribution is 6.01. The van der Waals surface area contributed by atoms with Gasteiger partial charge in [-0.1, -0.05) is 13.8 Å². The van der Waals surface area contributed by atoms with Gasteiger partial charge < -0.3 is 10.4 Å². The molecule has 1 amide bonds. The highest BCUT2D eigenvalue weighted by Gasteiger charge is 2.38. The van der Waals surface area contributed by atoms with E-state index in [0.29, 0.717) is 5.41 Å². The number of nitrogens with one attached hydrogen (secondary N) is 1. The van der Waals surface area contributed by atoms with Gasteiger partial charge >= 0.3 is 5.97 Å². The Balaban J connectivity index is 2.51. The molecule has 0 bridgehead atoms. The summed E-state index contributed by atoms with van der Waals surface area (Å²) >= 11 is 0. The first-order valence-electron chi connectivity index (χ1n) is 6.19. The van der Waals surface area contributed by atoms with Gasteiger partial charge in [-0.25, -0.2) is 0 Å². The minimum absolute atomic E-state index is 0.133. The Bertz CT molecular complexity index is 311. The van der Waals surface area contributed by atoms with E-state index in [-0.39, 0.29) is 11.9 Å². The molecule has 98 valence electrons. The molecule has 0 spiro atoms. The molecule has 0 unspecified atom stereocenters. The molecule has 1 saturated carbocycles. The zero-order valence-electron chi connectivity index (χ0n) is 11.2. The second-order valence-electron chi connectivity index (χ2n) is 6.34. The Hall–Kier alpha value is -1.06. The Morgan fingerprint density at radius 3 is 2.12 bits per heavy atom. The highest BCUT2D eigenvalue weighted by Crippen LogP contribution is 2.35. The van der Waals surface area contributed by atoms with Crippen molar-refractivity contribution >= 4 is 11.9 Å². The highest BCUT2D eigenvalue weighted by atomic mass is 16.4. The van der Waals surface area contributed by atoms with Crippen molar-refractivity contribution in [3.8, 4) is 0 Å². The molecule has 2 N–H and O–H groups in total.